The molecular formula is C5H8O3. The van der Waals surface area contributed by atoms with E-state index in [2.05, 4.69) is 11.2 Å². The van der Waals surface area contributed by atoms with Crippen LogP contribution < -0.4 is 0 Å². The molecule has 0 saturated carbocycles. The zero-order valence-corrected chi connectivity index (χ0v) is 4.37. The molecule has 3 nitrogen and oxygen atoms in total. The first-order valence-electron chi connectivity index (χ1n) is 2.17. The number of rotatable bonds is 3. The van der Waals surface area contributed by atoms with E-state index in [1.807, 2.05) is 6.11 Å². The van der Waals surface area contributed by atoms with Crippen molar-refractivity contribution in [1.82, 2.24) is 0 Å². The largest absolute Gasteiger partial charge is 0.444 e. The van der Waals surface area contributed by atoms with Crippen molar-refractivity contribution in [3.8, 4) is 12.5 Å². The van der Waals surface area contributed by atoms with Crippen molar-refractivity contribution in [1.29, 1.82) is 0 Å². The Hall–Kier alpha value is -0.720. The third-order valence-electron chi connectivity index (χ3n) is 0.570. The van der Waals surface area contributed by atoms with Crippen LogP contribution in [0.1, 0.15) is 0 Å². The molecule has 0 saturated heterocycles. The summed E-state index contributed by atoms with van der Waals surface area (Å²) in [6, 6.07) is 0. The van der Waals surface area contributed by atoms with Crippen molar-refractivity contribution in [3.05, 3.63) is 0 Å². The lowest BCUT2D eigenvalue weighted by Gasteiger charge is -2.01. The molecule has 0 aliphatic rings. The molecular weight excluding hydrogens is 108 g/mol. The molecule has 1 atom stereocenters. The van der Waals surface area contributed by atoms with E-state index >= 15 is 0 Å². The SMILES string of the molecule is C#COCC(O)CO. The summed E-state index contributed by atoms with van der Waals surface area (Å²) in [6.45, 7) is -0.325. The van der Waals surface area contributed by atoms with Gasteiger partial charge in [-0.15, -0.1) is 0 Å². The molecule has 0 aromatic carbocycles. The Morgan fingerprint density at radius 3 is 2.75 bits per heavy atom. The Bertz CT molecular complexity index is 84.2. The van der Waals surface area contributed by atoms with Gasteiger partial charge < -0.3 is 14.9 Å². The quantitative estimate of drug-likeness (QED) is 0.462. The lowest BCUT2D eigenvalue weighted by Crippen LogP contribution is -2.17. The molecule has 0 bridgehead atoms. The lowest BCUT2D eigenvalue weighted by molar-refractivity contribution is 0.0443. The van der Waals surface area contributed by atoms with E-state index in [0.29, 0.717) is 0 Å². The van der Waals surface area contributed by atoms with E-state index in [-0.39, 0.29) is 13.2 Å². The Kier molecular flexibility index (Phi) is 4.04. The lowest BCUT2D eigenvalue weighted by atomic mass is 10.4. The second-order valence-corrected chi connectivity index (χ2v) is 1.27. The molecule has 1 unspecified atom stereocenters. The van der Waals surface area contributed by atoms with Gasteiger partial charge in [0.25, 0.3) is 0 Å². The number of aliphatic hydroxyl groups excluding tert-OH is 2. The molecule has 0 aliphatic carbocycles. The fraction of sp³-hybridized carbons (Fsp3) is 0.600. The van der Waals surface area contributed by atoms with Crippen molar-refractivity contribution in [3.63, 3.8) is 0 Å². The monoisotopic (exact) mass is 116 g/mol. The van der Waals surface area contributed by atoms with Gasteiger partial charge in [0.05, 0.1) is 6.61 Å². The van der Waals surface area contributed by atoms with E-state index in [9.17, 15) is 0 Å². The summed E-state index contributed by atoms with van der Waals surface area (Å²) in [6.07, 6.45) is 5.67. The second-order valence-electron chi connectivity index (χ2n) is 1.27. The van der Waals surface area contributed by atoms with Crippen LogP contribution in [0, 0.1) is 12.5 Å². The molecule has 2 N–H and O–H groups in total. The van der Waals surface area contributed by atoms with Crippen LogP contribution in [0.25, 0.3) is 0 Å². The predicted octanol–water partition coefficient (Wildman–Crippen LogP) is -1.05. The molecule has 0 heterocycles. The number of hydrogen-bond donors (Lipinski definition) is 2. The van der Waals surface area contributed by atoms with Gasteiger partial charge >= 0.3 is 0 Å². The van der Waals surface area contributed by atoms with Crippen molar-refractivity contribution in [2.75, 3.05) is 13.2 Å². The Labute approximate surface area is 47.9 Å². The normalized spacial score (nSPS) is 12.1. The third-order valence-corrected chi connectivity index (χ3v) is 0.570. The summed E-state index contributed by atoms with van der Waals surface area (Å²) in [5.74, 6) is 0. The molecule has 0 aliphatic heterocycles. The number of aliphatic hydroxyl groups is 2. The molecule has 0 amide bonds. The predicted molar refractivity (Wildman–Crippen MR) is 27.9 cm³/mol. The van der Waals surface area contributed by atoms with Gasteiger partial charge in [0.1, 0.15) is 18.8 Å². The molecule has 0 radical (unpaired) electrons. The highest BCUT2D eigenvalue weighted by molar-refractivity contribution is 4.69. The van der Waals surface area contributed by atoms with E-state index in [1.54, 1.807) is 0 Å². The maximum Gasteiger partial charge on any atom is 0.128 e. The fourth-order valence-electron chi connectivity index (χ4n) is 0.197. The van der Waals surface area contributed by atoms with Gasteiger partial charge in [0, 0.05) is 0 Å². The highest BCUT2D eigenvalue weighted by Crippen LogP contribution is 1.79. The standard InChI is InChI=1S/C5H8O3/c1-2-8-4-5(7)3-6/h1,5-7H,3-4H2. The minimum Gasteiger partial charge on any atom is -0.444 e. The first kappa shape index (κ1) is 7.28. The third kappa shape index (κ3) is 3.47. The second kappa shape index (κ2) is 4.44. The van der Waals surface area contributed by atoms with Crippen LogP contribution in [0.15, 0.2) is 0 Å². The van der Waals surface area contributed by atoms with Crippen molar-refractivity contribution < 1.29 is 14.9 Å². The van der Waals surface area contributed by atoms with Gasteiger partial charge in [0.2, 0.25) is 0 Å². The van der Waals surface area contributed by atoms with Crippen LogP contribution >= 0.6 is 0 Å². The van der Waals surface area contributed by atoms with Crippen LogP contribution in [0.3, 0.4) is 0 Å². The average molecular weight is 116 g/mol. The molecule has 0 rings (SSSR count). The van der Waals surface area contributed by atoms with Gasteiger partial charge in [0.15, 0.2) is 0 Å². The molecule has 3 heteroatoms. The summed E-state index contributed by atoms with van der Waals surface area (Å²) < 4.78 is 4.30. The van der Waals surface area contributed by atoms with Crippen molar-refractivity contribution in [2.45, 2.75) is 6.10 Å². The first-order chi connectivity index (χ1) is 3.81. The van der Waals surface area contributed by atoms with E-state index in [0.717, 1.165) is 0 Å². The maximum absolute atomic E-state index is 8.52. The highest BCUT2D eigenvalue weighted by Gasteiger charge is 1.98. The summed E-state index contributed by atoms with van der Waals surface area (Å²) in [7, 11) is 0. The van der Waals surface area contributed by atoms with Crippen LogP contribution in [-0.2, 0) is 4.74 Å². The Morgan fingerprint density at radius 2 is 2.38 bits per heavy atom. The molecule has 0 aromatic heterocycles. The van der Waals surface area contributed by atoms with Gasteiger partial charge in [-0.25, -0.2) is 0 Å². The molecule has 0 spiro atoms. The number of ether oxygens (including phenoxy) is 1. The van der Waals surface area contributed by atoms with Crippen LogP contribution in [0.4, 0.5) is 0 Å². The number of hydrogen-bond acceptors (Lipinski definition) is 3. The van der Waals surface area contributed by atoms with Gasteiger partial charge in [-0.05, 0) is 0 Å². The van der Waals surface area contributed by atoms with E-state index in [4.69, 9.17) is 10.2 Å². The first-order valence-corrected chi connectivity index (χ1v) is 2.17. The molecule has 46 valence electrons. The fourth-order valence-corrected chi connectivity index (χ4v) is 0.197. The Balaban J connectivity index is 3.01. The van der Waals surface area contributed by atoms with Gasteiger partial charge in [-0.1, -0.05) is 6.42 Å². The van der Waals surface area contributed by atoms with Crippen LogP contribution in [-0.4, -0.2) is 29.5 Å². The van der Waals surface area contributed by atoms with E-state index < -0.39 is 6.10 Å². The molecule has 0 fully saturated rings. The summed E-state index contributed by atoms with van der Waals surface area (Å²) >= 11 is 0. The Morgan fingerprint density at radius 1 is 1.75 bits per heavy atom. The smallest absolute Gasteiger partial charge is 0.128 e. The van der Waals surface area contributed by atoms with Gasteiger partial charge in [-0.3, -0.25) is 0 Å². The van der Waals surface area contributed by atoms with Gasteiger partial charge in [-0.2, -0.15) is 0 Å². The zero-order valence-electron chi connectivity index (χ0n) is 4.37. The summed E-state index contributed by atoms with van der Waals surface area (Å²) in [4.78, 5) is 0. The summed E-state index contributed by atoms with van der Waals surface area (Å²) in [5, 5.41) is 16.7. The summed E-state index contributed by atoms with van der Waals surface area (Å²) in [5.41, 5.74) is 0. The topological polar surface area (TPSA) is 49.7 Å². The maximum atomic E-state index is 8.52. The van der Waals surface area contributed by atoms with Crippen LogP contribution in [0.2, 0.25) is 0 Å². The average Bonchev–Trinajstić information content (AvgIpc) is 1.83. The zero-order chi connectivity index (χ0) is 6.41. The highest BCUT2D eigenvalue weighted by atomic mass is 16.5. The molecule has 8 heavy (non-hydrogen) atoms. The van der Waals surface area contributed by atoms with E-state index in [1.165, 1.54) is 0 Å². The van der Waals surface area contributed by atoms with Crippen molar-refractivity contribution >= 4 is 0 Å². The minimum absolute atomic E-state index is 0.00694. The minimum atomic E-state index is -0.856. The van der Waals surface area contributed by atoms with Crippen molar-refractivity contribution in [2.24, 2.45) is 0 Å². The van der Waals surface area contributed by atoms with Crippen LogP contribution in [0.5, 0.6) is 0 Å². The molecule has 0 aromatic rings. The number of terminal acetylenes is 1.